The minimum Gasteiger partial charge on any atom is -0.263 e. The molecule has 0 fully saturated rings. The summed E-state index contributed by atoms with van der Waals surface area (Å²) in [6.45, 7) is 4.00. The number of rotatable bonds is 2. The molecule has 5 heteroatoms. The smallest absolute Gasteiger partial charge is 0.241 e. The Morgan fingerprint density at radius 2 is 2.00 bits per heavy atom. The van der Waals surface area contributed by atoms with Crippen LogP contribution in [0.3, 0.4) is 0 Å². The Morgan fingerprint density at radius 1 is 1.38 bits per heavy atom. The second-order valence-electron chi connectivity index (χ2n) is 1.90. The van der Waals surface area contributed by atoms with E-state index in [4.69, 9.17) is 0 Å². The fourth-order valence-corrected chi connectivity index (χ4v) is 1.32. The molecule has 4 nitrogen and oxygen atoms in total. The highest BCUT2D eigenvalue weighted by Crippen LogP contribution is 2.03. The summed E-state index contributed by atoms with van der Waals surface area (Å²) in [5, 5.41) is 0. The van der Waals surface area contributed by atoms with E-state index in [1.807, 2.05) is 13.8 Å². The molecule has 0 aliphatic rings. The number of hydrogen-bond acceptors (Lipinski definition) is 3. The van der Waals surface area contributed by atoms with E-state index < -0.39 is 10.0 Å². The van der Waals surface area contributed by atoms with Crippen LogP contribution in [-0.2, 0) is 10.0 Å². The van der Waals surface area contributed by atoms with Crippen LogP contribution in [0.15, 0.2) is 29.4 Å². The van der Waals surface area contributed by atoms with E-state index in [2.05, 4.69) is 9.71 Å². The Morgan fingerprint density at radius 3 is 2.38 bits per heavy atom. The van der Waals surface area contributed by atoms with Gasteiger partial charge in [0.15, 0.2) is 0 Å². The van der Waals surface area contributed by atoms with Gasteiger partial charge in [0.2, 0.25) is 10.0 Å². The Bertz CT molecular complexity index is 321. The number of aromatic nitrogens is 1. The fourth-order valence-electron chi connectivity index (χ4n) is 0.624. The number of nitrogens with zero attached hydrogens (tertiary/aromatic N) is 1. The zero-order valence-corrected chi connectivity index (χ0v) is 8.80. The molecule has 1 N–H and O–H groups in total. The summed E-state index contributed by atoms with van der Waals surface area (Å²) in [6, 6.07) is 3.06. The van der Waals surface area contributed by atoms with E-state index in [-0.39, 0.29) is 4.90 Å². The maximum atomic E-state index is 11.0. The molecular formula is C8H14N2O2S. The van der Waals surface area contributed by atoms with E-state index in [0.717, 1.165) is 0 Å². The van der Waals surface area contributed by atoms with Crippen LogP contribution < -0.4 is 4.72 Å². The predicted molar refractivity (Wildman–Crippen MR) is 51.8 cm³/mol. The fraction of sp³-hybridized carbons (Fsp3) is 0.375. The van der Waals surface area contributed by atoms with Crippen LogP contribution in [0.25, 0.3) is 0 Å². The molecule has 0 aliphatic heterocycles. The van der Waals surface area contributed by atoms with Crippen molar-refractivity contribution in [2.75, 3.05) is 7.05 Å². The van der Waals surface area contributed by atoms with Crippen molar-refractivity contribution < 1.29 is 8.42 Å². The van der Waals surface area contributed by atoms with Crippen LogP contribution in [0.5, 0.6) is 0 Å². The third-order valence-electron chi connectivity index (χ3n) is 1.21. The van der Waals surface area contributed by atoms with Crippen molar-refractivity contribution in [1.29, 1.82) is 0 Å². The van der Waals surface area contributed by atoms with E-state index in [1.54, 1.807) is 6.07 Å². The minimum absolute atomic E-state index is 0.183. The number of hydrogen-bond donors (Lipinski definition) is 1. The second kappa shape index (κ2) is 5.66. The molecule has 0 bridgehead atoms. The van der Waals surface area contributed by atoms with Crippen molar-refractivity contribution in [3.8, 4) is 0 Å². The number of sulfonamides is 1. The van der Waals surface area contributed by atoms with Gasteiger partial charge >= 0.3 is 0 Å². The molecule has 13 heavy (non-hydrogen) atoms. The van der Waals surface area contributed by atoms with Gasteiger partial charge in [0.05, 0.1) is 0 Å². The lowest BCUT2D eigenvalue weighted by molar-refractivity contribution is 0.588. The van der Waals surface area contributed by atoms with Crippen LogP contribution in [0.4, 0.5) is 0 Å². The second-order valence-corrected chi connectivity index (χ2v) is 3.78. The highest BCUT2D eigenvalue weighted by Gasteiger charge is 2.09. The largest absolute Gasteiger partial charge is 0.263 e. The Kier molecular flexibility index (Phi) is 5.25. The van der Waals surface area contributed by atoms with Gasteiger partial charge in [-0.05, 0) is 19.2 Å². The van der Waals surface area contributed by atoms with Gasteiger partial charge in [-0.15, -0.1) is 0 Å². The number of pyridine rings is 1. The standard InChI is InChI=1S/C6H8N2O2S.C2H6/c1-7-11(9,10)6-3-2-4-8-5-6;1-2/h2-5,7H,1H3;1-2H3. The summed E-state index contributed by atoms with van der Waals surface area (Å²) in [7, 11) is -1.95. The van der Waals surface area contributed by atoms with Crippen LogP contribution in [0.1, 0.15) is 13.8 Å². The van der Waals surface area contributed by atoms with Gasteiger partial charge in [0.1, 0.15) is 4.90 Å². The summed E-state index contributed by atoms with van der Waals surface area (Å²) in [5.74, 6) is 0. The van der Waals surface area contributed by atoms with Crippen molar-refractivity contribution >= 4 is 10.0 Å². The SMILES string of the molecule is CC.CNS(=O)(=O)c1cccnc1. The lowest BCUT2D eigenvalue weighted by Gasteiger charge is -1.98. The van der Waals surface area contributed by atoms with Crippen LogP contribution in [0.2, 0.25) is 0 Å². The maximum absolute atomic E-state index is 11.0. The van der Waals surface area contributed by atoms with Gasteiger partial charge in [-0.1, -0.05) is 13.8 Å². The highest BCUT2D eigenvalue weighted by atomic mass is 32.2. The van der Waals surface area contributed by atoms with E-state index in [1.165, 1.54) is 25.5 Å². The maximum Gasteiger partial charge on any atom is 0.241 e. The number of nitrogens with one attached hydrogen (secondary N) is 1. The molecule has 0 radical (unpaired) electrons. The van der Waals surface area contributed by atoms with E-state index in [0.29, 0.717) is 0 Å². The molecule has 0 atom stereocenters. The Labute approximate surface area is 79.1 Å². The predicted octanol–water partition coefficient (Wildman–Crippen LogP) is 1.02. The quantitative estimate of drug-likeness (QED) is 0.778. The van der Waals surface area contributed by atoms with E-state index >= 15 is 0 Å². The molecule has 0 spiro atoms. The highest BCUT2D eigenvalue weighted by molar-refractivity contribution is 7.89. The molecule has 0 aromatic carbocycles. The summed E-state index contributed by atoms with van der Waals surface area (Å²) in [6.07, 6.45) is 2.82. The van der Waals surface area contributed by atoms with Crippen LogP contribution in [-0.4, -0.2) is 20.4 Å². The average molecular weight is 202 g/mol. The summed E-state index contributed by atoms with van der Waals surface area (Å²) >= 11 is 0. The molecule has 1 aromatic rings. The topological polar surface area (TPSA) is 59.1 Å². The van der Waals surface area contributed by atoms with Crippen molar-refractivity contribution in [1.82, 2.24) is 9.71 Å². The van der Waals surface area contributed by atoms with Gasteiger partial charge in [-0.25, -0.2) is 13.1 Å². The first-order valence-electron chi connectivity index (χ1n) is 4.00. The molecular weight excluding hydrogens is 188 g/mol. The van der Waals surface area contributed by atoms with Crippen LogP contribution >= 0.6 is 0 Å². The average Bonchev–Trinajstić information content (AvgIpc) is 2.22. The van der Waals surface area contributed by atoms with Gasteiger partial charge in [0.25, 0.3) is 0 Å². The zero-order valence-electron chi connectivity index (χ0n) is 7.98. The summed E-state index contributed by atoms with van der Waals surface area (Å²) < 4.78 is 24.3. The van der Waals surface area contributed by atoms with Crippen molar-refractivity contribution in [2.45, 2.75) is 18.7 Å². The molecule has 0 saturated heterocycles. The first-order chi connectivity index (χ1) is 6.17. The molecule has 0 aliphatic carbocycles. The minimum atomic E-state index is -3.31. The van der Waals surface area contributed by atoms with Crippen molar-refractivity contribution in [3.63, 3.8) is 0 Å². The third kappa shape index (κ3) is 3.52. The molecule has 0 saturated carbocycles. The van der Waals surface area contributed by atoms with Crippen molar-refractivity contribution in [2.24, 2.45) is 0 Å². The van der Waals surface area contributed by atoms with Crippen molar-refractivity contribution in [3.05, 3.63) is 24.5 Å². The lowest BCUT2D eigenvalue weighted by atomic mass is 10.5. The first-order valence-corrected chi connectivity index (χ1v) is 5.49. The van der Waals surface area contributed by atoms with E-state index in [9.17, 15) is 8.42 Å². The Balaban J connectivity index is 0.000000671. The molecule has 1 rings (SSSR count). The molecule has 0 unspecified atom stereocenters. The lowest BCUT2D eigenvalue weighted by Crippen LogP contribution is -2.18. The van der Waals surface area contributed by atoms with Gasteiger partial charge in [0, 0.05) is 12.4 Å². The van der Waals surface area contributed by atoms with Gasteiger partial charge in [-0.2, -0.15) is 0 Å². The normalized spacial score (nSPS) is 10.1. The Hall–Kier alpha value is -0.940. The first kappa shape index (κ1) is 12.1. The summed E-state index contributed by atoms with van der Waals surface area (Å²) in [4.78, 5) is 3.86. The molecule has 74 valence electrons. The van der Waals surface area contributed by atoms with Gasteiger partial charge in [-0.3, -0.25) is 4.98 Å². The molecule has 1 aromatic heterocycles. The molecule has 1 heterocycles. The van der Waals surface area contributed by atoms with Gasteiger partial charge < -0.3 is 0 Å². The third-order valence-corrected chi connectivity index (χ3v) is 2.61. The monoisotopic (exact) mass is 202 g/mol. The molecule has 0 amide bonds. The summed E-state index contributed by atoms with van der Waals surface area (Å²) in [5.41, 5.74) is 0. The van der Waals surface area contributed by atoms with Crippen LogP contribution in [0, 0.1) is 0 Å². The zero-order chi connectivity index (χ0) is 10.3.